The summed E-state index contributed by atoms with van der Waals surface area (Å²) in [6, 6.07) is 4.55. The van der Waals surface area contributed by atoms with Gasteiger partial charge < -0.3 is 4.74 Å². The number of Topliss-reactive ketones (excluding diaryl/α,β-unsaturated/α-hetero) is 1. The average Bonchev–Trinajstić information content (AvgIpc) is 2.35. The Morgan fingerprint density at radius 2 is 2.06 bits per heavy atom. The van der Waals surface area contributed by atoms with Crippen LogP contribution < -0.4 is 4.74 Å². The number of carbonyl (C=O) groups excluding carboxylic acids is 3. The predicted molar refractivity (Wildman–Crippen MR) is 65.2 cm³/mol. The number of benzene rings is 1. The maximum absolute atomic E-state index is 11.9. The first-order valence-corrected chi connectivity index (χ1v) is 5.75. The zero-order chi connectivity index (χ0) is 13.3. The van der Waals surface area contributed by atoms with Gasteiger partial charge in [-0.2, -0.15) is 0 Å². The molecule has 0 amide bonds. The summed E-state index contributed by atoms with van der Waals surface area (Å²) in [7, 11) is 0. The van der Waals surface area contributed by atoms with Crippen LogP contribution in [-0.4, -0.2) is 23.4 Å². The highest BCUT2D eigenvalue weighted by molar-refractivity contribution is 6.27. The van der Waals surface area contributed by atoms with Crippen LogP contribution in [0.2, 0.25) is 0 Å². The molecule has 0 aliphatic heterocycles. The molecule has 0 N–H and O–H groups in total. The predicted octanol–water partition coefficient (Wildman–Crippen LogP) is 2.16. The van der Waals surface area contributed by atoms with E-state index in [4.69, 9.17) is 16.3 Å². The van der Waals surface area contributed by atoms with Crippen LogP contribution in [0.15, 0.2) is 29.8 Å². The van der Waals surface area contributed by atoms with Gasteiger partial charge in [-0.05, 0) is 19.1 Å². The number of allylic oxidation sites excluding steroid dienone is 2. The van der Waals surface area contributed by atoms with Crippen LogP contribution in [0.5, 0.6) is 5.75 Å². The van der Waals surface area contributed by atoms with Gasteiger partial charge in [-0.3, -0.25) is 14.4 Å². The fraction of sp³-hybridized carbons (Fsp3) is 0.154. The standard InChI is InChI=1S/C13H9ClO4/c1-7-5-9(15)12-8(13(7)17)3-2-4-10(12)18-11(16)6-14/h2-5H,6H2,1H3. The van der Waals surface area contributed by atoms with Gasteiger partial charge in [-0.15, -0.1) is 11.6 Å². The van der Waals surface area contributed by atoms with Crippen LogP contribution in [0, 0.1) is 0 Å². The summed E-state index contributed by atoms with van der Waals surface area (Å²) in [6.07, 6.45) is 1.24. The molecule has 92 valence electrons. The van der Waals surface area contributed by atoms with Gasteiger partial charge in [0.05, 0.1) is 5.56 Å². The molecule has 0 fully saturated rings. The lowest BCUT2D eigenvalue weighted by Crippen LogP contribution is -2.19. The third-order valence-electron chi connectivity index (χ3n) is 2.56. The molecule has 0 saturated heterocycles. The molecule has 4 nitrogen and oxygen atoms in total. The van der Waals surface area contributed by atoms with Crippen molar-refractivity contribution in [3.63, 3.8) is 0 Å². The van der Waals surface area contributed by atoms with Crippen LogP contribution in [-0.2, 0) is 4.79 Å². The molecule has 5 heteroatoms. The first kappa shape index (κ1) is 12.5. The van der Waals surface area contributed by atoms with Crippen molar-refractivity contribution >= 4 is 29.1 Å². The van der Waals surface area contributed by atoms with E-state index in [-0.39, 0.29) is 34.3 Å². The van der Waals surface area contributed by atoms with Crippen LogP contribution >= 0.6 is 11.6 Å². The summed E-state index contributed by atoms with van der Waals surface area (Å²) in [5.74, 6) is -1.51. The average molecular weight is 265 g/mol. The van der Waals surface area contributed by atoms with Gasteiger partial charge >= 0.3 is 5.97 Å². The largest absolute Gasteiger partial charge is 0.425 e. The van der Waals surface area contributed by atoms with Crippen molar-refractivity contribution in [2.45, 2.75) is 6.92 Å². The number of rotatable bonds is 2. The van der Waals surface area contributed by atoms with E-state index in [1.54, 1.807) is 13.0 Å². The van der Waals surface area contributed by atoms with Gasteiger partial charge in [-0.25, -0.2) is 0 Å². The van der Waals surface area contributed by atoms with E-state index < -0.39 is 5.97 Å². The number of fused-ring (bicyclic) bond motifs is 1. The summed E-state index contributed by atoms with van der Waals surface area (Å²) >= 11 is 5.33. The van der Waals surface area contributed by atoms with E-state index in [9.17, 15) is 14.4 Å². The summed E-state index contributed by atoms with van der Waals surface area (Å²) in [5.41, 5.74) is 0.736. The SMILES string of the molecule is CC1=CC(=O)c2c(OC(=O)CCl)cccc2C1=O. The van der Waals surface area contributed by atoms with Crippen molar-refractivity contribution in [3.8, 4) is 5.75 Å². The number of ketones is 2. The summed E-state index contributed by atoms with van der Waals surface area (Å²) in [4.78, 5) is 34.9. The number of alkyl halides is 1. The molecule has 0 radical (unpaired) electrons. The third kappa shape index (κ3) is 2.07. The van der Waals surface area contributed by atoms with E-state index in [2.05, 4.69) is 0 Å². The molecule has 0 atom stereocenters. The van der Waals surface area contributed by atoms with E-state index in [0.29, 0.717) is 5.57 Å². The Kier molecular flexibility index (Phi) is 3.30. The zero-order valence-electron chi connectivity index (χ0n) is 9.53. The van der Waals surface area contributed by atoms with E-state index in [1.807, 2.05) is 0 Å². The van der Waals surface area contributed by atoms with Crippen LogP contribution in [0.25, 0.3) is 0 Å². The number of carbonyl (C=O) groups is 3. The monoisotopic (exact) mass is 264 g/mol. The molecule has 0 spiro atoms. The second-order valence-corrected chi connectivity index (χ2v) is 4.07. The minimum atomic E-state index is -0.670. The maximum Gasteiger partial charge on any atom is 0.326 e. The van der Waals surface area contributed by atoms with Crippen molar-refractivity contribution in [1.82, 2.24) is 0 Å². The molecule has 1 aliphatic carbocycles. The highest BCUT2D eigenvalue weighted by Crippen LogP contribution is 2.29. The van der Waals surface area contributed by atoms with Crippen molar-refractivity contribution in [2.75, 3.05) is 5.88 Å². The number of esters is 1. The Balaban J connectivity index is 2.53. The Morgan fingerprint density at radius 1 is 1.33 bits per heavy atom. The van der Waals surface area contributed by atoms with Gasteiger partial charge in [0.25, 0.3) is 0 Å². The number of hydrogen-bond acceptors (Lipinski definition) is 4. The molecule has 0 bridgehead atoms. The van der Waals surface area contributed by atoms with E-state index in [0.717, 1.165) is 0 Å². The normalized spacial score (nSPS) is 14.0. The third-order valence-corrected chi connectivity index (χ3v) is 2.77. The molecule has 0 aromatic heterocycles. The van der Waals surface area contributed by atoms with Crippen molar-refractivity contribution in [3.05, 3.63) is 41.0 Å². The van der Waals surface area contributed by atoms with Gasteiger partial charge in [0.15, 0.2) is 11.6 Å². The minimum absolute atomic E-state index is 0.0697. The number of hydrogen-bond donors (Lipinski definition) is 0. The highest BCUT2D eigenvalue weighted by atomic mass is 35.5. The molecular formula is C13H9ClO4. The maximum atomic E-state index is 11.9. The number of halogens is 1. The van der Waals surface area contributed by atoms with Crippen molar-refractivity contribution in [1.29, 1.82) is 0 Å². The van der Waals surface area contributed by atoms with Gasteiger partial charge in [0, 0.05) is 11.1 Å². The van der Waals surface area contributed by atoms with E-state index in [1.165, 1.54) is 18.2 Å². The molecule has 18 heavy (non-hydrogen) atoms. The van der Waals surface area contributed by atoms with Crippen molar-refractivity contribution in [2.24, 2.45) is 0 Å². The lowest BCUT2D eigenvalue weighted by molar-refractivity contribution is -0.131. The molecule has 1 aliphatic rings. The topological polar surface area (TPSA) is 60.4 Å². The second-order valence-electron chi connectivity index (χ2n) is 3.81. The van der Waals surface area contributed by atoms with Gasteiger partial charge in [0.1, 0.15) is 11.6 Å². The number of ether oxygens (including phenoxy) is 1. The lowest BCUT2D eigenvalue weighted by Gasteiger charge is -2.15. The second kappa shape index (κ2) is 4.74. The van der Waals surface area contributed by atoms with Gasteiger partial charge in [0.2, 0.25) is 0 Å². The van der Waals surface area contributed by atoms with Crippen LogP contribution in [0.3, 0.4) is 0 Å². The first-order valence-electron chi connectivity index (χ1n) is 5.21. The minimum Gasteiger partial charge on any atom is -0.425 e. The molecular weight excluding hydrogens is 256 g/mol. The zero-order valence-corrected chi connectivity index (χ0v) is 10.3. The Labute approximate surface area is 108 Å². The highest BCUT2D eigenvalue weighted by Gasteiger charge is 2.27. The van der Waals surface area contributed by atoms with Gasteiger partial charge in [-0.1, -0.05) is 12.1 Å². The molecule has 0 heterocycles. The first-order chi connectivity index (χ1) is 8.54. The summed E-state index contributed by atoms with van der Waals surface area (Å²) in [5, 5.41) is 0. The molecule has 1 aromatic carbocycles. The lowest BCUT2D eigenvalue weighted by atomic mass is 9.89. The fourth-order valence-electron chi connectivity index (χ4n) is 1.76. The molecule has 0 saturated carbocycles. The quantitative estimate of drug-likeness (QED) is 0.467. The smallest absolute Gasteiger partial charge is 0.326 e. The van der Waals surface area contributed by atoms with E-state index >= 15 is 0 Å². The Morgan fingerprint density at radius 3 is 2.72 bits per heavy atom. The molecule has 0 unspecified atom stereocenters. The Hall–Kier alpha value is -1.94. The Bertz CT molecular complexity index is 587. The summed E-state index contributed by atoms with van der Waals surface area (Å²) in [6.45, 7) is 1.57. The van der Waals surface area contributed by atoms with Crippen LogP contribution in [0.1, 0.15) is 27.6 Å². The van der Waals surface area contributed by atoms with Crippen molar-refractivity contribution < 1.29 is 19.1 Å². The van der Waals surface area contributed by atoms with Crippen LogP contribution in [0.4, 0.5) is 0 Å². The molecule has 1 aromatic rings. The fourth-order valence-corrected chi connectivity index (χ4v) is 1.81. The summed E-state index contributed by atoms with van der Waals surface area (Å²) < 4.78 is 4.94. The molecule has 2 rings (SSSR count).